The van der Waals surface area contributed by atoms with Crippen molar-refractivity contribution in [2.45, 2.75) is 12.5 Å². The van der Waals surface area contributed by atoms with E-state index in [-0.39, 0.29) is 5.39 Å². The molecule has 0 saturated heterocycles. The first-order valence-electron chi connectivity index (χ1n) is 7.09. The van der Waals surface area contributed by atoms with Crippen LogP contribution in [0.1, 0.15) is 12.5 Å². The van der Waals surface area contributed by atoms with Crippen LogP contribution in [0.25, 0.3) is 21.5 Å². The summed E-state index contributed by atoms with van der Waals surface area (Å²) in [6.45, 7) is 1.00. The van der Waals surface area contributed by atoms with Gasteiger partial charge in [0.05, 0.1) is 12.7 Å². The molecule has 0 aliphatic heterocycles. The van der Waals surface area contributed by atoms with Crippen LogP contribution in [0.2, 0.25) is 0 Å². The van der Waals surface area contributed by atoms with Crippen LogP contribution in [-0.4, -0.2) is 18.2 Å². The molecule has 0 saturated carbocycles. The average Bonchev–Trinajstić information content (AvgIpc) is 2.54. The van der Waals surface area contributed by atoms with Crippen LogP contribution < -0.4 is 0 Å². The fourth-order valence-corrected chi connectivity index (χ4v) is 3.37. The fourth-order valence-electron chi connectivity index (χ4n) is 2.88. The fraction of sp³-hybridized carbons (Fsp3) is 0.167. The van der Waals surface area contributed by atoms with Gasteiger partial charge in [0.2, 0.25) is 0 Å². The Morgan fingerprint density at radius 1 is 1.12 bits per heavy atom. The Morgan fingerprint density at radius 3 is 2.46 bits per heavy atom. The highest BCUT2D eigenvalue weighted by molar-refractivity contribution is 9.10. The number of benzene rings is 3. The molecule has 0 fully saturated rings. The van der Waals surface area contributed by atoms with Crippen LogP contribution in [0.4, 0.5) is 8.78 Å². The minimum atomic E-state index is -2.43. The summed E-state index contributed by atoms with van der Waals surface area (Å²) in [5.41, 5.74) is -3.15. The zero-order valence-electron chi connectivity index (χ0n) is 12.9. The third-order valence-electron chi connectivity index (χ3n) is 4.09. The number of fused-ring (bicyclic) bond motifs is 3. The average molecular weight is 395 g/mol. The number of aliphatic hydroxyl groups is 1. The lowest BCUT2D eigenvalue weighted by Crippen LogP contribution is -2.35. The Bertz CT molecular complexity index is 983. The molecule has 3 nitrogen and oxygen atoms in total. The van der Waals surface area contributed by atoms with Crippen molar-refractivity contribution < 1.29 is 23.4 Å². The molecule has 1 atom stereocenters. The molecule has 0 heterocycles. The summed E-state index contributed by atoms with van der Waals surface area (Å²) in [5.74, 6) is -3.13. The Hall–Kier alpha value is -2.05. The molecule has 0 bridgehead atoms. The largest absolute Gasteiger partial charge is 0.467 e. The monoisotopic (exact) mass is 394 g/mol. The van der Waals surface area contributed by atoms with E-state index in [1.165, 1.54) is 6.07 Å². The highest BCUT2D eigenvalue weighted by Gasteiger charge is 2.39. The maximum atomic E-state index is 14.9. The van der Waals surface area contributed by atoms with Gasteiger partial charge in [-0.15, -0.1) is 0 Å². The van der Waals surface area contributed by atoms with Crippen LogP contribution in [0.5, 0.6) is 0 Å². The molecule has 3 aromatic carbocycles. The summed E-state index contributed by atoms with van der Waals surface area (Å²) in [6.07, 6.45) is 0. The molecule has 0 aliphatic rings. The van der Waals surface area contributed by atoms with Gasteiger partial charge in [0.25, 0.3) is 0 Å². The van der Waals surface area contributed by atoms with Crippen molar-refractivity contribution in [2.75, 3.05) is 7.11 Å². The van der Waals surface area contributed by atoms with Crippen molar-refractivity contribution in [3.05, 3.63) is 58.1 Å². The van der Waals surface area contributed by atoms with Gasteiger partial charge in [-0.05, 0) is 35.2 Å². The van der Waals surface area contributed by atoms with Crippen LogP contribution in [0.15, 0.2) is 40.9 Å². The van der Waals surface area contributed by atoms with E-state index in [1.807, 2.05) is 6.07 Å². The van der Waals surface area contributed by atoms with E-state index in [4.69, 9.17) is 0 Å². The van der Waals surface area contributed by atoms with Gasteiger partial charge >= 0.3 is 5.97 Å². The number of esters is 1. The Balaban J connectivity index is 2.41. The van der Waals surface area contributed by atoms with Crippen LogP contribution in [-0.2, 0) is 15.1 Å². The number of methoxy groups -OCH3 is 1. The zero-order chi connectivity index (χ0) is 17.6. The first kappa shape index (κ1) is 16.8. The number of carbonyl (C=O) groups is 1. The molecule has 24 heavy (non-hydrogen) atoms. The van der Waals surface area contributed by atoms with Gasteiger partial charge in [-0.2, -0.15) is 0 Å². The van der Waals surface area contributed by atoms with Crippen molar-refractivity contribution in [1.82, 2.24) is 0 Å². The zero-order valence-corrected chi connectivity index (χ0v) is 14.4. The molecular formula is C18H13BrF2O3. The predicted octanol–water partition coefficient (Wildman–Crippen LogP) is 4.41. The number of rotatable bonds is 2. The lowest BCUT2D eigenvalue weighted by atomic mass is 9.90. The van der Waals surface area contributed by atoms with Crippen molar-refractivity contribution >= 4 is 43.4 Å². The summed E-state index contributed by atoms with van der Waals surface area (Å²) in [7, 11) is 1.04. The van der Waals surface area contributed by atoms with Crippen LogP contribution >= 0.6 is 15.9 Å². The molecule has 124 valence electrons. The van der Waals surface area contributed by atoms with E-state index in [0.29, 0.717) is 10.8 Å². The van der Waals surface area contributed by atoms with Gasteiger partial charge in [-0.1, -0.05) is 40.2 Å². The number of hydrogen-bond donors (Lipinski definition) is 1. The Labute approximate surface area is 145 Å². The molecule has 0 amide bonds. The summed E-state index contributed by atoms with van der Waals surface area (Å²) in [4.78, 5) is 11.7. The molecule has 1 unspecified atom stereocenters. The standard InChI is InChI=1S/C18H13BrF2O3/c1-18(23,17(22)24-2)15-14(20)8-12-9-4-3-5-13(19)10(9)6-7-11(12)16(15)21/h3-8,23H,1-2H3. The van der Waals surface area contributed by atoms with Crippen LogP contribution in [0, 0.1) is 11.6 Å². The molecule has 0 aliphatic carbocycles. The summed E-state index contributed by atoms with van der Waals surface area (Å²) >= 11 is 3.41. The lowest BCUT2D eigenvalue weighted by Gasteiger charge is -2.23. The third kappa shape index (κ3) is 2.37. The summed E-state index contributed by atoms with van der Waals surface area (Å²) in [5, 5.41) is 12.2. The van der Waals surface area contributed by atoms with Gasteiger partial charge in [0.1, 0.15) is 11.6 Å². The Kier molecular flexibility index (Phi) is 4.05. The maximum absolute atomic E-state index is 14.9. The number of hydrogen-bond acceptors (Lipinski definition) is 3. The van der Waals surface area contributed by atoms with E-state index < -0.39 is 28.8 Å². The molecule has 0 spiro atoms. The highest BCUT2D eigenvalue weighted by Crippen LogP contribution is 2.37. The molecule has 0 aromatic heterocycles. The van der Waals surface area contributed by atoms with E-state index in [1.54, 1.807) is 18.2 Å². The van der Waals surface area contributed by atoms with E-state index in [2.05, 4.69) is 20.7 Å². The summed E-state index contributed by atoms with van der Waals surface area (Å²) < 4.78 is 34.8. The van der Waals surface area contributed by atoms with Gasteiger partial charge in [-0.25, -0.2) is 13.6 Å². The van der Waals surface area contributed by atoms with Crippen molar-refractivity contribution in [3.8, 4) is 0 Å². The van der Waals surface area contributed by atoms with E-state index in [0.717, 1.165) is 30.0 Å². The molecular weight excluding hydrogens is 382 g/mol. The number of halogens is 3. The highest BCUT2D eigenvalue weighted by atomic mass is 79.9. The second-order valence-corrected chi connectivity index (χ2v) is 6.46. The second-order valence-electron chi connectivity index (χ2n) is 5.61. The topological polar surface area (TPSA) is 46.5 Å². The van der Waals surface area contributed by atoms with E-state index in [9.17, 15) is 18.7 Å². The number of ether oxygens (including phenoxy) is 1. The van der Waals surface area contributed by atoms with Gasteiger partial charge in [0, 0.05) is 9.86 Å². The smallest absolute Gasteiger partial charge is 0.342 e. The van der Waals surface area contributed by atoms with Gasteiger partial charge in [0.15, 0.2) is 5.60 Å². The van der Waals surface area contributed by atoms with Crippen molar-refractivity contribution in [2.24, 2.45) is 0 Å². The molecule has 3 aromatic rings. The van der Waals surface area contributed by atoms with Crippen LogP contribution in [0.3, 0.4) is 0 Å². The van der Waals surface area contributed by atoms with Crippen molar-refractivity contribution in [1.29, 1.82) is 0 Å². The SMILES string of the molecule is COC(=O)C(C)(O)c1c(F)cc2c(ccc3c(Br)cccc32)c1F. The second kappa shape index (κ2) is 5.79. The normalized spacial score (nSPS) is 13.9. The molecule has 6 heteroatoms. The molecule has 0 radical (unpaired) electrons. The minimum Gasteiger partial charge on any atom is -0.467 e. The number of carbonyl (C=O) groups excluding carboxylic acids is 1. The first-order chi connectivity index (χ1) is 11.3. The first-order valence-corrected chi connectivity index (χ1v) is 7.88. The lowest BCUT2D eigenvalue weighted by molar-refractivity contribution is -0.162. The molecule has 1 N–H and O–H groups in total. The minimum absolute atomic E-state index is 0.112. The third-order valence-corrected chi connectivity index (χ3v) is 4.78. The van der Waals surface area contributed by atoms with Crippen molar-refractivity contribution in [3.63, 3.8) is 0 Å². The van der Waals surface area contributed by atoms with Gasteiger partial charge < -0.3 is 9.84 Å². The van der Waals surface area contributed by atoms with E-state index >= 15 is 0 Å². The molecule has 3 rings (SSSR count). The Morgan fingerprint density at radius 2 is 1.79 bits per heavy atom. The maximum Gasteiger partial charge on any atom is 0.342 e. The quantitative estimate of drug-likeness (QED) is 0.517. The predicted molar refractivity (Wildman–Crippen MR) is 90.7 cm³/mol. The van der Waals surface area contributed by atoms with Gasteiger partial charge in [-0.3, -0.25) is 0 Å². The summed E-state index contributed by atoms with van der Waals surface area (Å²) in [6, 6.07) is 9.66.